The molecule has 0 radical (unpaired) electrons. The Balaban J connectivity index is 2.20. The van der Waals surface area contributed by atoms with Crippen molar-refractivity contribution in [3.63, 3.8) is 0 Å². The SMILES string of the molecule is C[Si](C)(C)NC1C(=O)N2C(C(=O)O[Si](C)(C)C)=C(Cl)CSC12. The first-order chi connectivity index (χ1) is 9.91. The number of hydrogen-bond acceptors (Lipinski definition) is 5. The van der Waals surface area contributed by atoms with Gasteiger partial charge in [-0.1, -0.05) is 31.2 Å². The molecule has 1 fully saturated rings. The van der Waals surface area contributed by atoms with Crippen LogP contribution in [0, 0.1) is 0 Å². The molecule has 0 aromatic carbocycles. The van der Waals surface area contributed by atoms with Crippen LogP contribution in [0.3, 0.4) is 0 Å². The average molecular weight is 379 g/mol. The lowest BCUT2D eigenvalue weighted by Gasteiger charge is -2.51. The zero-order chi connectivity index (χ0) is 16.9. The summed E-state index contributed by atoms with van der Waals surface area (Å²) in [5, 5.41) is 0.343. The molecule has 5 nitrogen and oxygen atoms in total. The normalized spacial score (nSPS) is 25.8. The predicted octanol–water partition coefficient (Wildman–Crippen LogP) is 2.52. The minimum atomic E-state index is -2.03. The van der Waals surface area contributed by atoms with E-state index >= 15 is 0 Å². The highest BCUT2D eigenvalue weighted by Gasteiger charge is 2.54. The molecule has 2 aliphatic heterocycles. The highest BCUT2D eigenvalue weighted by atomic mass is 35.5. The van der Waals surface area contributed by atoms with E-state index in [0.29, 0.717) is 10.8 Å². The number of rotatable bonds is 4. The van der Waals surface area contributed by atoms with Gasteiger partial charge in [0.2, 0.25) is 14.2 Å². The van der Waals surface area contributed by atoms with Crippen LogP contribution in [0.25, 0.3) is 0 Å². The number of thioether (sulfide) groups is 1. The molecule has 0 bridgehead atoms. The quantitative estimate of drug-likeness (QED) is 0.601. The highest BCUT2D eigenvalue weighted by molar-refractivity contribution is 8.00. The molecule has 1 amide bonds. The smallest absolute Gasteiger partial charge is 0.343 e. The fraction of sp³-hybridized carbons (Fsp3) is 0.692. The van der Waals surface area contributed by atoms with E-state index in [0.717, 1.165) is 0 Å². The second-order valence-corrected chi connectivity index (χ2v) is 18.3. The first kappa shape index (κ1) is 18.1. The second-order valence-electron chi connectivity index (χ2n) is 7.54. The van der Waals surface area contributed by atoms with Crippen LogP contribution in [-0.2, 0) is 14.0 Å². The fourth-order valence-electron chi connectivity index (χ4n) is 2.37. The summed E-state index contributed by atoms with van der Waals surface area (Å²) in [5.41, 5.74) is 0.242. The van der Waals surface area contributed by atoms with E-state index < -0.39 is 22.5 Å². The Hall–Kier alpha value is -0.286. The second kappa shape index (κ2) is 5.97. The Bertz CT molecular complexity index is 542. The first-order valence-electron chi connectivity index (χ1n) is 7.25. The van der Waals surface area contributed by atoms with Crippen LogP contribution in [0.1, 0.15) is 0 Å². The maximum absolute atomic E-state index is 12.5. The van der Waals surface area contributed by atoms with Gasteiger partial charge in [-0.15, -0.1) is 11.8 Å². The van der Waals surface area contributed by atoms with Crippen molar-refractivity contribution in [1.82, 2.24) is 9.88 Å². The minimum absolute atomic E-state index is 0.0640. The van der Waals surface area contributed by atoms with Crippen LogP contribution < -0.4 is 4.98 Å². The average Bonchev–Trinajstić information content (AvgIpc) is 2.32. The molecule has 124 valence electrons. The number of amides is 1. The summed E-state index contributed by atoms with van der Waals surface area (Å²) in [6.45, 7) is 12.3. The van der Waals surface area contributed by atoms with Gasteiger partial charge < -0.3 is 9.41 Å². The van der Waals surface area contributed by atoms with Crippen molar-refractivity contribution in [2.75, 3.05) is 5.75 Å². The summed E-state index contributed by atoms with van der Waals surface area (Å²) >= 11 is 7.81. The fourth-order valence-corrected chi connectivity index (χ4v) is 5.90. The Morgan fingerprint density at radius 3 is 2.41 bits per heavy atom. The molecule has 22 heavy (non-hydrogen) atoms. The zero-order valence-electron chi connectivity index (χ0n) is 13.8. The third-order valence-electron chi connectivity index (χ3n) is 3.10. The number of β-lactam (4-membered cyclic amide) rings is 1. The van der Waals surface area contributed by atoms with Crippen LogP contribution in [0.15, 0.2) is 10.7 Å². The maximum atomic E-state index is 12.5. The van der Waals surface area contributed by atoms with Crippen LogP contribution in [0.5, 0.6) is 0 Å². The Labute approximate surface area is 143 Å². The van der Waals surface area contributed by atoms with E-state index in [-0.39, 0.29) is 23.0 Å². The molecule has 1 saturated heterocycles. The van der Waals surface area contributed by atoms with Gasteiger partial charge >= 0.3 is 5.97 Å². The topological polar surface area (TPSA) is 58.6 Å². The summed E-state index contributed by atoms with van der Waals surface area (Å²) in [7, 11) is -3.62. The Kier molecular flexibility index (Phi) is 4.90. The molecule has 2 heterocycles. The largest absolute Gasteiger partial charge is 0.515 e. The van der Waals surface area contributed by atoms with Crippen molar-refractivity contribution >= 4 is 51.8 Å². The van der Waals surface area contributed by atoms with E-state index in [1.54, 1.807) is 11.8 Å². The van der Waals surface area contributed by atoms with Gasteiger partial charge in [-0.25, -0.2) is 4.79 Å². The summed E-state index contributed by atoms with van der Waals surface area (Å²) < 4.78 is 5.53. The van der Waals surface area contributed by atoms with Gasteiger partial charge in [0.25, 0.3) is 0 Å². The third kappa shape index (κ3) is 3.78. The number of halogens is 1. The van der Waals surface area contributed by atoms with Gasteiger partial charge in [0.1, 0.15) is 25.3 Å². The molecular weight excluding hydrogens is 356 g/mol. The lowest BCUT2D eigenvalue weighted by atomic mass is 10.1. The monoisotopic (exact) mass is 378 g/mol. The number of fused-ring (bicyclic) bond motifs is 1. The van der Waals surface area contributed by atoms with Crippen LogP contribution in [0.2, 0.25) is 39.3 Å². The van der Waals surface area contributed by atoms with Crippen molar-refractivity contribution < 1.29 is 14.0 Å². The summed E-state index contributed by atoms with van der Waals surface area (Å²) in [6, 6.07) is -0.226. The van der Waals surface area contributed by atoms with Gasteiger partial charge in [-0.05, 0) is 19.6 Å². The molecule has 0 aliphatic carbocycles. The van der Waals surface area contributed by atoms with Crippen molar-refractivity contribution in [3.05, 3.63) is 10.7 Å². The Morgan fingerprint density at radius 1 is 1.32 bits per heavy atom. The molecule has 9 heteroatoms. The number of nitrogens with one attached hydrogen (secondary N) is 1. The molecule has 0 spiro atoms. The molecule has 0 aromatic rings. The first-order valence-corrected chi connectivity index (χ1v) is 15.6. The van der Waals surface area contributed by atoms with Crippen molar-refractivity contribution in [1.29, 1.82) is 0 Å². The van der Waals surface area contributed by atoms with Crippen LogP contribution >= 0.6 is 23.4 Å². The standard InChI is InChI=1S/C13H23ClN2O3SSi2/c1-21(2,3)15-9-11(17)16-10(8(14)7-20-12(9)16)13(18)19-22(4,5)6/h9,12,15H,7H2,1-6H3. The number of hydrogen-bond donors (Lipinski definition) is 1. The van der Waals surface area contributed by atoms with E-state index in [9.17, 15) is 9.59 Å². The van der Waals surface area contributed by atoms with E-state index in [1.807, 2.05) is 19.6 Å². The van der Waals surface area contributed by atoms with Gasteiger partial charge in [0.15, 0.2) is 0 Å². The summed E-state index contributed by atoms with van der Waals surface area (Å²) in [6.07, 6.45) is 0. The van der Waals surface area contributed by atoms with E-state index in [4.69, 9.17) is 16.0 Å². The highest BCUT2D eigenvalue weighted by Crippen LogP contribution is 2.42. The summed E-state index contributed by atoms with van der Waals surface area (Å²) in [4.78, 5) is 29.8. The van der Waals surface area contributed by atoms with Crippen LogP contribution in [0.4, 0.5) is 0 Å². The number of nitrogens with zero attached hydrogens (tertiary/aromatic N) is 1. The van der Waals surface area contributed by atoms with Crippen molar-refractivity contribution in [2.45, 2.75) is 50.7 Å². The van der Waals surface area contributed by atoms with Gasteiger partial charge in [0.05, 0.1) is 5.03 Å². The molecule has 2 unspecified atom stereocenters. The molecule has 1 N–H and O–H groups in total. The lowest BCUT2D eigenvalue weighted by molar-refractivity contribution is -0.147. The number of carbonyl (C=O) groups is 2. The zero-order valence-corrected chi connectivity index (χ0v) is 17.4. The summed E-state index contributed by atoms with van der Waals surface area (Å²) in [5.74, 6) is -0.00898. The molecule has 2 atom stereocenters. The number of carbonyl (C=O) groups excluding carboxylic acids is 2. The minimum Gasteiger partial charge on any atom is -0.515 e. The van der Waals surface area contributed by atoms with E-state index in [2.05, 4.69) is 24.6 Å². The van der Waals surface area contributed by atoms with Gasteiger partial charge in [-0.3, -0.25) is 9.69 Å². The predicted molar refractivity (Wildman–Crippen MR) is 95.7 cm³/mol. The molecule has 2 aliphatic rings. The molecule has 0 saturated carbocycles. The molecule has 2 rings (SSSR count). The van der Waals surface area contributed by atoms with Crippen LogP contribution in [-0.4, -0.2) is 50.5 Å². The molecule has 0 aromatic heterocycles. The van der Waals surface area contributed by atoms with Crippen molar-refractivity contribution in [3.8, 4) is 0 Å². The maximum Gasteiger partial charge on any atom is 0.343 e. The van der Waals surface area contributed by atoms with E-state index in [1.165, 1.54) is 4.90 Å². The van der Waals surface area contributed by atoms with Crippen molar-refractivity contribution in [2.24, 2.45) is 0 Å². The molecular formula is C13H23ClN2O3SSi2. The lowest BCUT2D eigenvalue weighted by Crippen LogP contribution is -2.73. The van der Waals surface area contributed by atoms with Gasteiger partial charge in [-0.2, -0.15) is 0 Å². The van der Waals surface area contributed by atoms with Gasteiger partial charge in [0, 0.05) is 5.75 Å². The third-order valence-corrected chi connectivity index (χ3v) is 6.83. The Morgan fingerprint density at radius 2 is 1.91 bits per heavy atom.